The van der Waals surface area contributed by atoms with Crippen LogP contribution in [0.15, 0.2) is 30.6 Å². The molecule has 0 aliphatic carbocycles. The molecule has 1 saturated heterocycles. The fourth-order valence-corrected chi connectivity index (χ4v) is 2.43. The molecule has 2 aromatic rings. The summed E-state index contributed by atoms with van der Waals surface area (Å²) >= 11 is 0. The molecule has 1 aromatic heterocycles. The molecule has 22 heavy (non-hydrogen) atoms. The van der Waals surface area contributed by atoms with E-state index in [-0.39, 0.29) is 12.5 Å². The molecule has 0 radical (unpaired) electrons. The molecule has 0 spiro atoms. The topological polar surface area (TPSA) is 104 Å². The van der Waals surface area contributed by atoms with E-state index >= 15 is 0 Å². The van der Waals surface area contributed by atoms with E-state index in [1.165, 1.54) is 11.0 Å². The lowest BCUT2D eigenvalue weighted by molar-refractivity contribution is -0.0999. The highest BCUT2D eigenvalue weighted by Gasteiger charge is 2.38. The lowest BCUT2D eigenvalue weighted by Crippen LogP contribution is -2.55. The maximum absolute atomic E-state index is 12.4. The van der Waals surface area contributed by atoms with Crippen molar-refractivity contribution < 1.29 is 15.0 Å². The molecule has 1 aliphatic heterocycles. The minimum absolute atomic E-state index is 0.126. The second-order valence-corrected chi connectivity index (χ2v) is 5.68. The van der Waals surface area contributed by atoms with Crippen molar-refractivity contribution >= 4 is 5.91 Å². The van der Waals surface area contributed by atoms with E-state index in [0.29, 0.717) is 18.5 Å². The average molecular weight is 303 g/mol. The Morgan fingerprint density at radius 3 is 2.68 bits per heavy atom. The Morgan fingerprint density at radius 1 is 1.36 bits per heavy atom. The number of aliphatic hydroxyl groups is 2. The molecule has 1 amide bonds. The highest BCUT2D eigenvalue weighted by Crippen LogP contribution is 2.23. The molecule has 8 nitrogen and oxygen atoms in total. The summed E-state index contributed by atoms with van der Waals surface area (Å²) in [6.07, 6.45) is 0.883. The molecule has 2 N–H and O–H groups in total. The van der Waals surface area contributed by atoms with Crippen LogP contribution in [0.2, 0.25) is 0 Å². The van der Waals surface area contributed by atoms with Crippen molar-refractivity contribution in [3.05, 3.63) is 36.2 Å². The molecule has 8 heteroatoms. The van der Waals surface area contributed by atoms with Crippen molar-refractivity contribution in [1.29, 1.82) is 0 Å². The second kappa shape index (κ2) is 5.47. The number of hydrogen-bond acceptors (Lipinski definition) is 6. The van der Waals surface area contributed by atoms with Crippen LogP contribution in [0.4, 0.5) is 0 Å². The number of nitrogens with zero attached hydrogens (tertiary/aromatic N) is 5. The van der Waals surface area contributed by atoms with Gasteiger partial charge in [0, 0.05) is 18.7 Å². The molecule has 116 valence electrons. The number of carbonyl (C=O) groups excluding carboxylic acids is 1. The summed E-state index contributed by atoms with van der Waals surface area (Å²) in [5.74, 6) is -0.169. The summed E-state index contributed by atoms with van der Waals surface area (Å²) in [7, 11) is 0. The number of likely N-dealkylation sites (tertiary alicyclic amines) is 1. The third-order valence-corrected chi connectivity index (χ3v) is 4.01. The largest absolute Gasteiger partial charge is 0.388 e. The number of β-amino-alcohol motifs (C(OH)–C–C–N with tert-alkyl or cyclic N) is 1. The minimum atomic E-state index is -1.14. The zero-order valence-corrected chi connectivity index (χ0v) is 12.1. The maximum Gasteiger partial charge on any atom is 0.253 e. The highest BCUT2D eigenvalue weighted by atomic mass is 16.3. The van der Waals surface area contributed by atoms with Gasteiger partial charge in [-0.1, -0.05) is 0 Å². The fourth-order valence-electron chi connectivity index (χ4n) is 2.43. The van der Waals surface area contributed by atoms with E-state index in [9.17, 15) is 15.0 Å². The van der Waals surface area contributed by atoms with Gasteiger partial charge < -0.3 is 15.1 Å². The number of hydrogen-bond donors (Lipinski definition) is 2. The Bertz CT molecular complexity index is 654. The van der Waals surface area contributed by atoms with Crippen molar-refractivity contribution in [2.24, 2.45) is 0 Å². The van der Waals surface area contributed by atoms with E-state index in [0.717, 1.165) is 5.69 Å². The van der Waals surface area contributed by atoms with Crippen LogP contribution in [0.25, 0.3) is 5.69 Å². The van der Waals surface area contributed by atoms with Gasteiger partial charge in [0.2, 0.25) is 0 Å². The molecule has 0 saturated carbocycles. The van der Waals surface area contributed by atoms with Crippen molar-refractivity contribution in [3.8, 4) is 5.69 Å². The maximum atomic E-state index is 12.4. The monoisotopic (exact) mass is 303 g/mol. The van der Waals surface area contributed by atoms with Crippen LogP contribution < -0.4 is 0 Å². The van der Waals surface area contributed by atoms with Gasteiger partial charge in [0.25, 0.3) is 5.91 Å². The molecule has 0 unspecified atom stereocenters. The van der Waals surface area contributed by atoms with Crippen LogP contribution in [0.3, 0.4) is 0 Å². The van der Waals surface area contributed by atoms with E-state index in [2.05, 4.69) is 15.5 Å². The predicted molar refractivity (Wildman–Crippen MR) is 76.3 cm³/mol. The summed E-state index contributed by atoms with van der Waals surface area (Å²) in [5.41, 5.74) is 0.134. The highest BCUT2D eigenvalue weighted by molar-refractivity contribution is 5.94. The third kappa shape index (κ3) is 2.70. The first-order chi connectivity index (χ1) is 10.5. The van der Waals surface area contributed by atoms with Crippen LogP contribution in [-0.4, -0.2) is 66.0 Å². The first kappa shape index (κ1) is 14.6. The average Bonchev–Trinajstić information content (AvgIpc) is 3.04. The number of tetrazole rings is 1. The Morgan fingerprint density at radius 2 is 2.09 bits per heavy atom. The van der Waals surface area contributed by atoms with Crippen molar-refractivity contribution in [1.82, 2.24) is 25.1 Å². The Kier molecular flexibility index (Phi) is 3.63. The SMILES string of the molecule is C[C@@]1(O)CCN(C(=O)c2ccc(-n3cnnn3)cc2)C[C@H]1O. The van der Waals surface area contributed by atoms with Crippen LogP contribution in [0.5, 0.6) is 0 Å². The predicted octanol–water partition coefficient (Wildman–Crippen LogP) is -0.380. The van der Waals surface area contributed by atoms with Gasteiger partial charge in [0.15, 0.2) is 0 Å². The Balaban J connectivity index is 1.73. The summed E-state index contributed by atoms with van der Waals surface area (Å²) in [4.78, 5) is 14.0. The molecule has 2 atom stereocenters. The van der Waals surface area contributed by atoms with Crippen molar-refractivity contribution in [3.63, 3.8) is 0 Å². The van der Waals surface area contributed by atoms with Gasteiger partial charge >= 0.3 is 0 Å². The zero-order valence-electron chi connectivity index (χ0n) is 12.1. The number of benzene rings is 1. The lowest BCUT2D eigenvalue weighted by atomic mass is 9.90. The van der Waals surface area contributed by atoms with E-state index in [1.807, 2.05) is 0 Å². The molecule has 3 rings (SSSR count). The smallest absolute Gasteiger partial charge is 0.253 e. The first-order valence-corrected chi connectivity index (χ1v) is 7.00. The quantitative estimate of drug-likeness (QED) is 0.783. The number of piperidine rings is 1. The number of amides is 1. The van der Waals surface area contributed by atoms with Gasteiger partial charge in [0.05, 0.1) is 17.4 Å². The second-order valence-electron chi connectivity index (χ2n) is 5.68. The molecule has 1 fully saturated rings. The van der Waals surface area contributed by atoms with E-state index < -0.39 is 11.7 Å². The molecule has 0 bridgehead atoms. The summed E-state index contributed by atoms with van der Waals surface area (Å²) in [6.45, 7) is 2.12. The lowest BCUT2D eigenvalue weighted by Gasteiger charge is -2.39. The van der Waals surface area contributed by atoms with Crippen molar-refractivity contribution in [2.45, 2.75) is 25.0 Å². The normalized spacial score (nSPS) is 25.2. The third-order valence-electron chi connectivity index (χ3n) is 4.01. The van der Waals surface area contributed by atoms with Gasteiger partial charge in [-0.3, -0.25) is 4.79 Å². The summed E-state index contributed by atoms with van der Waals surface area (Å²) < 4.78 is 1.50. The van der Waals surface area contributed by atoms with Crippen LogP contribution in [-0.2, 0) is 0 Å². The number of rotatable bonds is 2. The molecular weight excluding hydrogens is 286 g/mol. The zero-order chi connectivity index (χ0) is 15.7. The number of aromatic nitrogens is 4. The van der Waals surface area contributed by atoms with E-state index in [4.69, 9.17) is 0 Å². The summed E-state index contributed by atoms with van der Waals surface area (Å²) in [6, 6.07) is 6.89. The van der Waals surface area contributed by atoms with Gasteiger partial charge in [-0.2, -0.15) is 0 Å². The fraction of sp³-hybridized carbons (Fsp3) is 0.429. The molecule has 1 aromatic carbocycles. The van der Waals surface area contributed by atoms with Crippen LogP contribution in [0.1, 0.15) is 23.7 Å². The standard InChI is InChI=1S/C14H17N5O3/c1-14(22)6-7-18(8-12(14)20)13(21)10-2-4-11(5-3-10)19-9-15-16-17-19/h2-5,9,12,20,22H,6-8H2,1H3/t12-,14-/m1/s1. The summed E-state index contributed by atoms with van der Waals surface area (Å²) in [5, 5.41) is 30.7. The van der Waals surface area contributed by atoms with Gasteiger partial charge in [-0.25, -0.2) is 4.68 Å². The number of carbonyl (C=O) groups is 1. The molecular formula is C14H17N5O3. The first-order valence-electron chi connectivity index (χ1n) is 7.00. The molecule has 1 aliphatic rings. The van der Waals surface area contributed by atoms with Gasteiger partial charge in [-0.05, 0) is 48.0 Å². The Labute approximate surface area is 127 Å². The minimum Gasteiger partial charge on any atom is -0.388 e. The molecule has 2 heterocycles. The van der Waals surface area contributed by atoms with Gasteiger partial charge in [0.1, 0.15) is 6.33 Å². The number of aliphatic hydroxyl groups excluding tert-OH is 1. The van der Waals surface area contributed by atoms with E-state index in [1.54, 1.807) is 36.1 Å². The van der Waals surface area contributed by atoms with Crippen LogP contribution in [0, 0.1) is 0 Å². The van der Waals surface area contributed by atoms with Crippen molar-refractivity contribution in [2.75, 3.05) is 13.1 Å². The van der Waals surface area contributed by atoms with Gasteiger partial charge in [-0.15, -0.1) is 5.10 Å². The Hall–Kier alpha value is -2.32. The van der Waals surface area contributed by atoms with Crippen LogP contribution >= 0.6 is 0 Å².